The van der Waals surface area contributed by atoms with E-state index < -0.39 is 0 Å². The predicted octanol–water partition coefficient (Wildman–Crippen LogP) is 2.63. The van der Waals surface area contributed by atoms with Crippen molar-refractivity contribution in [2.24, 2.45) is 10.9 Å². The molecule has 3 N–H and O–H groups in total. The zero-order chi connectivity index (χ0) is 20.4. The molecule has 0 bridgehead atoms. The van der Waals surface area contributed by atoms with Crippen LogP contribution in [0.2, 0.25) is 0 Å². The Morgan fingerprint density at radius 1 is 1.21 bits per heavy atom. The van der Waals surface area contributed by atoms with E-state index in [2.05, 4.69) is 25.9 Å². The van der Waals surface area contributed by atoms with Gasteiger partial charge in [-0.25, -0.2) is 9.78 Å². The maximum Gasteiger partial charge on any atom is 0.350 e. The molecule has 0 saturated heterocycles. The van der Waals surface area contributed by atoms with Crippen molar-refractivity contribution in [1.82, 2.24) is 20.9 Å². The van der Waals surface area contributed by atoms with Crippen molar-refractivity contribution in [1.29, 1.82) is 0 Å². The second-order valence-corrected chi connectivity index (χ2v) is 7.29. The van der Waals surface area contributed by atoms with Crippen molar-refractivity contribution in [3.63, 3.8) is 0 Å². The maximum absolute atomic E-state index is 12.0. The van der Waals surface area contributed by atoms with E-state index in [1.165, 1.54) is 11.3 Å². The Balaban J connectivity index is 0.00000729. The lowest BCUT2D eigenvalue weighted by Gasteiger charge is -2.16. The van der Waals surface area contributed by atoms with E-state index in [1.54, 1.807) is 13.8 Å². The summed E-state index contributed by atoms with van der Waals surface area (Å²) in [5.41, 5.74) is 0.667. The van der Waals surface area contributed by atoms with Gasteiger partial charge >= 0.3 is 5.97 Å². The normalized spacial score (nSPS) is 12.2. The summed E-state index contributed by atoms with van der Waals surface area (Å²) in [5, 5.41) is 10.1. The van der Waals surface area contributed by atoms with E-state index in [-0.39, 0.29) is 47.8 Å². The van der Waals surface area contributed by atoms with Gasteiger partial charge in [-0.2, -0.15) is 0 Å². The smallest absolute Gasteiger partial charge is 0.350 e. The van der Waals surface area contributed by atoms with Crippen LogP contribution in [0.1, 0.15) is 61.0 Å². The number of nitrogens with one attached hydrogen (secondary N) is 3. The number of aliphatic imine (C=N–C) groups is 1. The topological polar surface area (TPSA) is 105 Å². The number of amides is 1. The Bertz CT molecular complexity index is 664. The third-order valence-electron chi connectivity index (χ3n) is 3.55. The number of hydrogen-bond donors (Lipinski definition) is 3. The van der Waals surface area contributed by atoms with Crippen LogP contribution in [0.5, 0.6) is 0 Å². The molecule has 0 aliphatic heterocycles. The molecule has 8 nitrogen and oxygen atoms in total. The Hall–Kier alpha value is -1.43. The minimum absolute atomic E-state index is 0. The molecular weight excluding hydrogens is 493 g/mol. The molecule has 1 aromatic rings. The molecule has 0 saturated carbocycles. The number of hydrogen-bond acceptors (Lipinski definition) is 6. The van der Waals surface area contributed by atoms with Gasteiger partial charge in [0.25, 0.3) is 0 Å². The summed E-state index contributed by atoms with van der Waals surface area (Å²) in [7, 11) is 0. The zero-order valence-electron chi connectivity index (χ0n) is 17.4. The zero-order valence-corrected chi connectivity index (χ0v) is 20.6. The molecule has 0 radical (unpaired) electrons. The second-order valence-electron chi connectivity index (χ2n) is 6.26. The number of ether oxygens (including phenoxy) is 1. The van der Waals surface area contributed by atoms with Crippen LogP contribution in [0.4, 0.5) is 0 Å². The van der Waals surface area contributed by atoms with Gasteiger partial charge in [0, 0.05) is 19.0 Å². The molecule has 0 aromatic carbocycles. The summed E-state index contributed by atoms with van der Waals surface area (Å²) in [6, 6.07) is -0.125. The Labute approximate surface area is 188 Å². The van der Waals surface area contributed by atoms with E-state index in [0.29, 0.717) is 42.8 Å². The van der Waals surface area contributed by atoms with Crippen LogP contribution in [-0.2, 0) is 9.53 Å². The summed E-state index contributed by atoms with van der Waals surface area (Å²) < 4.78 is 5.06. The number of carbonyl (C=O) groups is 2. The standard InChI is InChI=1S/C18H31N5O3S.HI/c1-7-19-18(21-10-9-20-15(24)11(3)4)23-13(6)16-22-12(5)14(27-16)17(25)26-8-2;/h11,13H,7-10H2,1-6H3,(H,20,24)(H2,19,21,23);1H. The first-order chi connectivity index (χ1) is 12.8. The van der Waals surface area contributed by atoms with Gasteiger partial charge in [-0.15, -0.1) is 35.3 Å². The molecule has 28 heavy (non-hydrogen) atoms. The minimum Gasteiger partial charge on any atom is -0.462 e. The Morgan fingerprint density at radius 2 is 1.89 bits per heavy atom. The summed E-state index contributed by atoms with van der Waals surface area (Å²) in [6.07, 6.45) is 0. The summed E-state index contributed by atoms with van der Waals surface area (Å²) >= 11 is 1.32. The highest BCUT2D eigenvalue weighted by Crippen LogP contribution is 2.24. The number of halogens is 1. The molecule has 1 amide bonds. The molecule has 0 fully saturated rings. The summed E-state index contributed by atoms with van der Waals surface area (Å²) in [5.74, 6) is 0.269. The van der Waals surface area contributed by atoms with E-state index in [4.69, 9.17) is 4.74 Å². The number of thiazole rings is 1. The molecule has 1 aromatic heterocycles. The van der Waals surface area contributed by atoms with Gasteiger partial charge in [0.1, 0.15) is 9.88 Å². The van der Waals surface area contributed by atoms with Crippen LogP contribution in [0, 0.1) is 12.8 Å². The van der Waals surface area contributed by atoms with Gasteiger partial charge in [0.15, 0.2) is 5.96 Å². The maximum atomic E-state index is 12.0. The fraction of sp³-hybridized carbons (Fsp3) is 0.667. The van der Waals surface area contributed by atoms with Gasteiger partial charge < -0.3 is 20.7 Å². The van der Waals surface area contributed by atoms with Crippen LogP contribution < -0.4 is 16.0 Å². The van der Waals surface area contributed by atoms with Gasteiger partial charge in [0.05, 0.1) is 24.9 Å². The lowest BCUT2D eigenvalue weighted by Crippen LogP contribution is -2.39. The van der Waals surface area contributed by atoms with Crippen LogP contribution >= 0.6 is 35.3 Å². The number of nitrogens with zero attached hydrogens (tertiary/aromatic N) is 2. The van der Waals surface area contributed by atoms with E-state index in [9.17, 15) is 9.59 Å². The van der Waals surface area contributed by atoms with Gasteiger partial charge in [0.2, 0.25) is 5.91 Å². The van der Waals surface area contributed by atoms with Crippen LogP contribution in [0.3, 0.4) is 0 Å². The number of aryl methyl sites for hydroxylation is 1. The number of esters is 1. The molecule has 1 rings (SSSR count). The Morgan fingerprint density at radius 3 is 2.46 bits per heavy atom. The molecule has 0 spiro atoms. The molecule has 0 aliphatic rings. The van der Waals surface area contributed by atoms with Gasteiger partial charge in [-0.3, -0.25) is 9.79 Å². The highest BCUT2D eigenvalue weighted by Gasteiger charge is 2.20. The van der Waals surface area contributed by atoms with Crippen molar-refractivity contribution in [2.75, 3.05) is 26.2 Å². The minimum atomic E-state index is -0.340. The highest BCUT2D eigenvalue weighted by molar-refractivity contribution is 14.0. The molecule has 1 heterocycles. The number of carbonyl (C=O) groups excluding carboxylic acids is 2. The molecular formula is C18H32IN5O3S. The Kier molecular flexibility index (Phi) is 13.0. The van der Waals surface area contributed by atoms with Crippen LogP contribution in [0.15, 0.2) is 4.99 Å². The average molecular weight is 525 g/mol. The van der Waals surface area contributed by atoms with E-state index >= 15 is 0 Å². The number of guanidine groups is 1. The van der Waals surface area contributed by atoms with Gasteiger partial charge in [-0.1, -0.05) is 13.8 Å². The average Bonchev–Trinajstić information content (AvgIpc) is 3.00. The fourth-order valence-corrected chi connectivity index (χ4v) is 3.09. The van der Waals surface area contributed by atoms with Crippen molar-refractivity contribution in [3.05, 3.63) is 15.6 Å². The fourth-order valence-electron chi connectivity index (χ4n) is 2.13. The van der Waals surface area contributed by atoms with E-state index in [0.717, 1.165) is 5.01 Å². The first-order valence-corrected chi connectivity index (χ1v) is 10.1. The molecule has 10 heteroatoms. The SMILES string of the molecule is CCNC(=NCCNC(=O)C(C)C)NC(C)c1nc(C)c(C(=O)OCC)s1.I. The van der Waals surface area contributed by atoms with Crippen molar-refractivity contribution in [2.45, 2.75) is 47.6 Å². The van der Waals surface area contributed by atoms with Crippen molar-refractivity contribution < 1.29 is 14.3 Å². The van der Waals surface area contributed by atoms with Crippen LogP contribution in [0.25, 0.3) is 0 Å². The van der Waals surface area contributed by atoms with Gasteiger partial charge in [-0.05, 0) is 27.7 Å². The summed E-state index contributed by atoms with van der Waals surface area (Å²) in [4.78, 5) is 33.0. The number of aromatic nitrogens is 1. The molecule has 0 aliphatic carbocycles. The van der Waals surface area contributed by atoms with Crippen molar-refractivity contribution >= 4 is 53.1 Å². The molecule has 1 unspecified atom stereocenters. The monoisotopic (exact) mass is 525 g/mol. The molecule has 1 atom stereocenters. The lowest BCUT2D eigenvalue weighted by molar-refractivity contribution is -0.123. The lowest BCUT2D eigenvalue weighted by atomic mass is 10.2. The second kappa shape index (κ2) is 13.7. The third-order valence-corrected chi connectivity index (χ3v) is 4.87. The highest BCUT2D eigenvalue weighted by atomic mass is 127. The van der Waals surface area contributed by atoms with Crippen LogP contribution in [-0.4, -0.2) is 49.1 Å². The molecule has 160 valence electrons. The largest absolute Gasteiger partial charge is 0.462 e. The first kappa shape index (κ1) is 26.6. The third kappa shape index (κ3) is 8.72. The summed E-state index contributed by atoms with van der Waals surface area (Å²) in [6.45, 7) is 13.2. The first-order valence-electron chi connectivity index (χ1n) is 9.27. The number of rotatable bonds is 9. The predicted molar refractivity (Wildman–Crippen MR) is 124 cm³/mol. The van der Waals surface area contributed by atoms with Crippen molar-refractivity contribution in [3.8, 4) is 0 Å². The quantitative estimate of drug-likeness (QED) is 0.151. The van der Waals surface area contributed by atoms with E-state index in [1.807, 2.05) is 27.7 Å².